The molecule has 5 heteroatoms. The lowest BCUT2D eigenvalue weighted by Crippen LogP contribution is -2.36. The van der Waals surface area contributed by atoms with Crippen molar-refractivity contribution < 1.29 is 19.7 Å². The van der Waals surface area contributed by atoms with E-state index in [1.165, 1.54) is 0 Å². The van der Waals surface area contributed by atoms with E-state index in [0.29, 0.717) is 0 Å². The number of rotatable bonds is 2. The molecule has 4 atom stereocenters. The lowest BCUT2D eigenvalue weighted by atomic mass is 10.1. The highest BCUT2D eigenvalue weighted by molar-refractivity contribution is 5.73. The summed E-state index contributed by atoms with van der Waals surface area (Å²) in [5.41, 5.74) is 5.48. The van der Waals surface area contributed by atoms with Gasteiger partial charge in [-0.05, 0) is 13.3 Å². The van der Waals surface area contributed by atoms with E-state index in [2.05, 4.69) is 0 Å². The standard InChI is InChI=1S/C8H15NO4/c1-2-13-8(12)4-3-5(9)7(11)6(4)10/h4-7,10-11H,2-3,9H2,1H3/t4-,5+,6+,7-/m1/s1. The topological polar surface area (TPSA) is 92.8 Å². The van der Waals surface area contributed by atoms with Crippen molar-refractivity contribution in [3.8, 4) is 0 Å². The van der Waals surface area contributed by atoms with Crippen molar-refractivity contribution in [2.75, 3.05) is 6.61 Å². The Kier molecular flexibility index (Phi) is 3.24. The first kappa shape index (κ1) is 10.4. The van der Waals surface area contributed by atoms with Crippen molar-refractivity contribution >= 4 is 5.97 Å². The van der Waals surface area contributed by atoms with Crippen LogP contribution in [0.4, 0.5) is 0 Å². The first-order valence-corrected chi connectivity index (χ1v) is 4.36. The van der Waals surface area contributed by atoms with Crippen LogP contribution in [-0.2, 0) is 9.53 Å². The molecule has 13 heavy (non-hydrogen) atoms. The zero-order valence-corrected chi connectivity index (χ0v) is 7.51. The second-order valence-corrected chi connectivity index (χ2v) is 3.24. The molecule has 1 aliphatic rings. The third kappa shape index (κ3) is 1.99. The first-order chi connectivity index (χ1) is 6.07. The van der Waals surface area contributed by atoms with E-state index in [0.717, 1.165) is 0 Å². The van der Waals surface area contributed by atoms with Gasteiger partial charge < -0.3 is 20.7 Å². The van der Waals surface area contributed by atoms with Gasteiger partial charge >= 0.3 is 5.97 Å². The monoisotopic (exact) mass is 189 g/mol. The third-order valence-electron chi connectivity index (χ3n) is 2.32. The van der Waals surface area contributed by atoms with Crippen LogP contribution >= 0.6 is 0 Å². The molecule has 0 aliphatic heterocycles. The van der Waals surface area contributed by atoms with Gasteiger partial charge in [0, 0.05) is 6.04 Å². The molecule has 0 heterocycles. The van der Waals surface area contributed by atoms with E-state index >= 15 is 0 Å². The van der Waals surface area contributed by atoms with Gasteiger partial charge in [-0.15, -0.1) is 0 Å². The Labute approximate surface area is 76.5 Å². The fourth-order valence-corrected chi connectivity index (χ4v) is 1.55. The summed E-state index contributed by atoms with van der Waals surface area (Å²) in [5, 5.41) is 18.7. The van der Waals surface area contributed by atoms with Gasteiger partial charge in [0.1, 0.15) is 0 Å². The molecule has 0 unspecified atom stereocenters. The molecule has 0 saturated heterocycles. The summed E-state index contributed by atoms with van der Waals surface area (Å²) in [6, 6.07) is -0.538. The maximum Gasteiger partial charge on any atom is 0.311 e. The predicted molar refractivity (Wildman–Crippen MR) is 44.7 cm³/mol. The number of hydrogen-bond donors (Lipinski definition) is 3. The molecule has 5 nitrogen and oxygen atoms in total. The molecule has 0 aromatic rings. The summed E-state index contributed by atoms with van der Waals surface area (Å²) in [5.74, 6) is -1.16. The molecule has 0 amide bonds. The summed E-state index contributed by atoms with van der Waals surface area (Å²) < 4.78 is 4.73. The highest BCUT2D eigenvalue weighted by atomic mass is 16.5. The number of carbonyl (C=O) groups excluding carboxylic acids is 1. The van der Waals surface area contributed by atoms with Crippen LogP contribution in [0.2, 0.25) is 0 Å². The fraction of sp³-hybridized carbons (Fsp3) is 0.875. The van der Waals surface area contributed by atoms with Crippen LogP contribution in [-0.4, -0.2) is 41.0 Å². The van der Waals surface area contributed by atoms with E-state index < -0.39 is 30.1 Å². The molecule has 0 radical (unpaired) electrons. The number of aliphatic hydroxyl groups is 2. The number of esters is 1. The van der Waals surface area contributed by atoms with Gasteiger partial charge in [-0.2, -0.15) is 0 Å². The minimum atomic E-state index is -1.09. The Morgan fingerprint density at radius 2 is 2.15 bits per heavy atom. The summed E-state index contributed by atoms with van der Waals surface area (Å²) in [7, 11) is 0. The van der Waals surface area contributed by atoms with Crippen LogP contribution in [0.1, 0.15) is 13.3 Å². The number of nitrogens with two attached hydrogens (primary N) is 1. The third-order valence-corrected chi connectivity index (χ3v) is 2.32. The molecule has 1 aliphatic carbocycles. The second-order valence-electron chi connectivity index (χ2n) is 3.24. The van der Waals surface area contributed by atoms with Gasteiger partial charge in [0.15, 0.2) is 0 Å². The molecule has 1 fully saturated rings. The lowest BCUT2D eigenvalue weighted by Gasteiger charge is -2.14. The van der Waals surface area contributed by atoms with Crippen molar-refractivity contribution in [3.63, 3.8) is 0 Å². The maximum absolute atomic E-state index is 11.2. The maximum atomic E-state index is 11.2. The summed E-state index contributed by atoms with van der Waals surface area (Å²) in [4.78, 5) is 11.2. The Bertz CT molecular complexity index is 197. The second kappa shape index (κ2) is 4.04. The predicted octanol–water partition coefficient (Wildman–Crippen LogP) is -1.38. The first-order valence-electron chi connectivity index (χ1n) is 4.36. The highest BCUT2D eigenvalue weighted by Crippen LogP contribution is 2.26. The smallest absolute Gasteiger partial charge is 0.311 e. The normalized spacial score (nSPS) is 39.1. The largest absolute Gasteiger partial charge is 0.466 e. The van der Waals surface area contributed by atoms with Crippen molar-refractivity contribution in [1.29, 1.82) is 0 Å². The highest BCUT2D eigenvalue weighted by Gasteiger charge is 2.44. The molecule has 0 spiro atoms. The van der Waals surface area contributed by atoms with Gasteiger partial charge in [0.2, 0.25) is 0 Å². The lowest BCUT2D eigenvalue weighted by molar-refractivity contribution is -0.152. The summed E-state index contributed by atoms with van der Waals surface area (Å²) >= 11 is 0. The Balaban J connectivity index is 2.57. The van der Waals surface area contributed by atoms with Crippen LogP contribution in [0.5, 0.6) is 0 Å². The van der Waals surface area contributed by atoms with Crippen LogP contribution in [0, 0.1) is 5.92 Å². The molecular formula is C8H15NO4. The Hall–Kier alpha value is -0.650. The van der Waals surface area contributed by atoms with Gasteiger partial charge in [-0.25, -0.2) is 0 Å². The quantitative estimate of drug-likeness (QED) is 0.465. The Morgan fingerprint density at radius 3 is 2.54 bits per heavy atom. The van der Waals surface area contributed by atoms with E-state index in [9.17, 15) is 15.0 Å². The van der Waals surface area contributed by atoms with Crippen LogP contribution < -0.4 is 5.73 Å². The van der Waals surface area contributed by atoms with Gasteiger partial charge in [0.25, 0.3) is 0 Å². The molecular weight excluding hydrogens is 174 g/mol. The number of aliphatic hydroxyl groups excluding tert-OH is 2. The molecule has 0 aromatic heterocycles. The van der Waals surface area contributed by atoms with Gasteiger partial charge in [0.05, 0.1) is 24.7 Å². The molecule has 76 valence electrons. The number of ether oxygens (including phenoxy) is 1. The molecule has 0 bridgehead atoms. The van der Waals surface area contributed by atoms with Crippen LogP contribution in [0.15, 0.2) is 0 Å². The van der Waals surface area contributed by atoms with E-state index in [-0.39, 0.29) is 13.0 Å². The molecule has 1 rings (SSSR count). The Morgan fingerprint density at radius 1 is 1.54 bits per heavy atom. The molecule has 0 aromatic carbocycles. The van der Waals surface area contributed by atoms with Crippen molar-refractivity contribution in [1.82, 2.24) is 0 Å². The molecule has 4 N–H and O–H groups in total. The van der Waals surface area contributed by atoms with Crippen LogP contribution in [0.25, 0.3) is 0 Å². The average molecular weight is 189 g/mol. The summed E-state index contributed by atoms with van der Waals surface area (Å²) in [6.07, 6.45) is -1.83. The minimum Gasteiger partial charge on any atom is -0.466 e. The minimum absolute atomic E-state index is 0.271. The zero-order chi connectivity index (χ0) is 10.0. The molecule has 1 saturated carbocycles. The van der Waals surface area contributed by atoms with Crippen molar-refractivity contribution in [3.05, 3.63) is 0 Å². The van der Waals surface area contributed by atoms with Gasteiger partial charge in [-0.1, -0.05) is 0 Å². The average Bonchev–Trinajstić information content (AvgIpc) is 2.33. The summed E-state index contributed by atoms with van der Waals surface area (Å²) in [6.45, 7) is 1.96. The fourth-order valence-electron chi connectivity index (χ4n) is 1.55. The van der Waals surface area contributed by atoms with Crippen molar-refractivity contribution in [2.24, 2.45) is 11.7 Å². The van der Waals surface area contributed by atoms with E-state index in [4.69, 9.17) is 10.5 Å². The van der Waals surface area contributed by atoms with Crippen LogP contribution in [0.3, 0.4) is 0 Å². The van der Waals surface area contributed by atoms with Gasteiger partial charge in [-0.3, -0.25) is 4.79 Å². The zero-order valence-electron chi connectivity index (χ0n) is 7.51. The number of hydrogen-bond acceptors (Lipinski definition) is 5. The van der Waals surface area contributed by atoms with E-state index in [1.807, 2.05) is 0 Å². The SMILES string of the molecule is CCOC(=O)[C@@H]1C[C@H](N)[C@@H](O)[C@H]1O. The van der Waals surface area contributed by atoms with Crippen molar-refractivity contribution in [2.45, 2.75) is 31.6 Å². The van der Waals surface area contributed by atoms with E-state index in [1.54, 1.807) is 6.92 Å². The number of carbonyl (C=O) groups is 1.